The second-order valence-corrected chi connectivity index (χ2v) is 5.03. The molecule has 5 heteroatoms. The molecule has 1 aliphatic rings. The summed E-state index contributed by atoms with van der Waals surface area (Å²) in [5.74, 6) is 1.38. The van der Waals surface area contributed by atoms with Crippen molar-refractivity contribution in [3.8, 4) is 0 Å². The molecule has 1 aromatic rings. The van der Waals surface area contributed by atoms with Crippen LogP contribution in [-0.2, 0) is 0 Å². The van der Waals surface area contributed by atoms with E-state index in [0.29, 0.717) is 12.0 Å². The molecule has 0 unspecified atom stereocenters. The molecule has 2 N–H and O–H groups in total. The van der Waals surface area contributed by atoms with Gasteiger partial charge in [0.25, 0.3) is 0 Å². The van der Waals surface area contributed by atoms with E-state index in [1.165, 1.54) is 24.4 Å². The van der Waals surface area contributed by atoms with Crippen molar-refractivity contribution in [2.24, 2.45) is 0 Å². The van der Waals surface area contributed by atoms with Crippen molar-refractivity contribution in [2.75, 3.05) is 18.4 Å². The summed E-state index contributed by atoms with van der Waals surface area (Å²) in [5, 5.41) is 7.79. The molecule has 0 amide bonds. The first kappa shape index (κ1) is 10.8. The van der Waals surface area contributed by atoms with Crippen LogP contribution in [0.3, 0.4) is 0 Å². The number of rotatable bonds is 3. The maximum absolute atomic E-state index is 4.48. The largest absolute Gasteiger partial charge is 0.357 e. The zero-order valence-corrected chi connectivity index (χ0v) is 10.1. The van der Waals surface area contributed by atoms with E-state index < -0.39 is 0 Å². The summed E-state index contributed by atoms with van der Waals surface area (Å²) in [6.07, 6.45) is 2.35. The molecular weight excluding hydrogens is 208 g/mol. The van der Waals surface area contributed by atoms with Gasteiger partial charge in [0.05, 0.1) is 0 Å². The summed E-state index contributed by atoms with van der Waals surface area (Å²) in [7, 11) is 0. The number of hydrogen-bond acceptors (Lipinski definition) is 5. The van der Waals surface area contributed by atoms with Crippen LogP contribution < -0.4 is 10.6 Å². The lowest BCUT2D eigenvalue weighted by atomic mass is 10.1. The maximum Gasteiger partial charge on any atom is 0.202 e. The molecule has 0 aliphatic carbocycles. The Bertz CT molecular complexity index is 304. The van der Waals surface area contributed by atoms with Crippen LogP contribution in [0.5, 0.6) is 0 Å². The maximum atomic E-state index is 4.48. The fraction of sp³-hybridized carbons (Fsp3) is 0.800. The molecule has 0 atom stereocenters. The molecule has 1 fully saturated rings. The summed E-state index contributed by atoms with van der Waals surface area (Å²) >= 11 is 1.48. The van der Waals surface area contributed by atoms with E-state index in [9.17, 15) is 0 Å². The second-order valence-electron chi connectivity index (χ2n) is 4.28. The zero-order chi connectivity index (χ0) is 10.7. The van der Waals surface area contributed by atoms with Crippen molar-refractivity contribution in [2.45, 2.75) is 38.6 Å². The van der Waals surface area contributed by atoms with Gasteiger partial charge >= 0.3 is 0 Å². The van der Waals surface area contributed by atoms with Gasteiger partial charge in [0.2, 0.25) is 5.13 Å². The van der Waals surface area contributed by atoms with Crippen molar-refractivity contribution >= 4 is 16.7 Å². The topological polar surface area (TPSA) is 49.8 Å². The minimum atomic E-state index is 0.421. The van der Waals surface area contributed by atoms with Crippen LogP contribution in [0.4, 0.5) is 5.13 Å². The smallest absolute Gasteiger partial charge is 0.202 e. The highest BCUT2D eigenvalue weighted by Gasteiger charge is 2.15. The van der Waals surface area contributed by atoms with Gasteiger partial charge in [0.1, 0.15) is 5.82 Å². The second kappa shape index (κ2) is 4.90. The molecular formula is C10H18N4S. The molecule has 0 spiro atoms. The Balaban J connectivity index is 1.91. The third kappa shape index (κ3) is 2.89. The quantitative estimate of drug-likeness (QED) is 0.825. The SMILES string of the molecule is CC(C)c1nsc(NC2CCNCC2)n1. The number of nitrogens with zero attached hydrogens (tertiary/aromatic N) is 2. The number of piperidine rings is 1. The third-order valence-corrected chi connectivity index (χ3v) is 3.29. The van der Waals surface area contributed by atoms with Crippen molar-refractivity contribution in [1.29, 1.82) is 0 Å². The van der Waals surface area contributed by atoms with Gasteiger partial charge in [-0.2, -0.15) is 4.37 Å². The molecule has 2 heterocycles. The summed E-state index contributed by atoms with van der Waals surface area (Å²) in [5.41, 5.74) is 0. The van der Waals surface area contributed by atoms with E-state index in [4.69, 9.17) is 0 Å². The Morgan fingerprint density at radius 3 is 2.73 bits per heavy atom. The molecule has 15 heavy (non-hydrogen) atoms. The number of hydrogen-bond donors (Lipinski definition) is 2. The Morgan fingerprint density at radius 1 is 1.40 bits per heavy atom. The average molecular weight is 226 g/mol. The standard InChI is InChI=1S/C10H18N4S/c1-7(2)9-13-10(15-14-9)12-8-3-5-11-6-4-8/h7-8,11H,3-6H2,1-2H3,(H,12,13,14). The average Bonchev–Trinajstić information content (AvgIpc) is 2.68. The molecule has 0 radical (unpaired) electrons. The first-order valence-electron chi connectivity index (χ1n) is 5.56. The van der Waals surface area contributed by atoms with Gasteiger partial charge in [0, 0.05) is 23.5 Å². The lowest BCUT2D eigenvalue weighted by Gasteiger charge is -2.22. The Labute approximate surface area is 94.7 Å². The van der Waals surface area contributed by atoms with Gasteiger partial charge in [-0.3, -0.25) is 0 Å². The van der Waals surface area contributed by atoms with Crippen LogP contribution in [0.15, 0.2) is 0 Å². The zero-order valence-electron chi connectivity index (χ0n) is 9.29. The monoisotopic (exact) mass is 226 g/mol. The Morgan fingerprint density at radius 2 is 2.13 bits per heavy atom. The number of aromatic nitrogens is 2. The molecule has 1 aliphatic heterocycles. The molecule has 0 aromatic carbocycles. The van der Waals surface area contributed by atoms with Crippen molar-refractivity contribution in [3.63, 3.8) is 0 Å². The highest BCUT2D eigenvalue weighted by molar-refractivity contribution is 7.09. The molecule has 84 valence electrons. The summed E-state index contributed by atoms with van der Waals surface area (Å²) in [4.78, 5) is 4.48. The van der Waals surface area contributed by atoms with E-state index in [1.807, 2.05) is 0 Å². The lowest BCUT2D eigenvalue weighted by Crippen LogP contribution is -2.35. The van der Waals surface area contributed by atoms with E-state index in [2.05, 4.69) is 33.8 Å². The summed E-state index contributed by atoms with van der Waals surface area (Å²) in [6.45, 7) is 6.45. The number of anilines is 1. The van der Waals surface area contributed by atoms with E-state index in [1.54, 1.807) is 0 Å². The molecule has 0 saturated carbocycles. The van der Waals surface area contributed by atoms with Crippen molar-refractivity contribution in [3.05, 3.63) is 5.82 Å². The summed E-state index contributed by atoms with van der Waals surface area (Å²) < 4.78 is 4.33. The minimum absolute atomic E-state index is 0.421. The molecule has 1 saturated heterocycles. The predicted octanol–water partition coefficient (Wildman–Crippen LogP) is 1.83. The summed E-state index contributed by atoms with van der Waals surface area (Å²) in [6, 6.07) is 0.569. The molecule has 2 rings (SSSR count). The van der Waals surface area contributed by atoms with Crippen molar-refractivity contribution < 1.29 is 0 Å². The highest BCUT2D eigenvalue weighted by Crippen LogP contribution is 2.19. The van der Waals surface area contributed by atoms with Crippen LogP contribution in [0, 0.1) is 0 Å². The third-order valence-electron chi connectivity index (χ3n) is 2.62. The van der Waals surface area contributed by atoms with Crippen molar-refractivity contribution in [1.82, 2.24) is 14.7 Å². The van der Waals surface area contributed by atoms with Crippen LogP contribution in [-0.4, -0.2) is 28.5 Å². The minimum Gasteiger partial charge on any atom is -0.357 e. The van der Waals surface area contributed by atoms with Crippen LogP contribution in [0.2, 0.25) is 0 Å². The van der Waals surface area contributed by atoms with Gasteiger partial charge in [-0.1, -0.05) is 13.8 Å². The van der Waals surface area contributed by atoms with E-state index in [-0.39, 0.29) is 0 Å². The normalized spacial score (nSPS) is 18.3. The first-order valence-corrected chi connectivity index (χ1v) is 6.34. The van der Waals surface area contributed by atoms with Gasteiger partial charge in [-0.15, -0.1) is 0 Å². The van der Waals surface area contributed by atoms with Crippen LogP contribution >= 0.6 is 11.5 Å². The fourth-order valence-electron chi connectivity index (χ4n) is 1.67. The van der Waals surface area contributed by atoms with Crippen LogP contribution in [0.25, 0.3) is 0 Å². The lowest BCUT2D eigenvalue weighted by molar-refractivity contribution is 0.479. The highest BCUT2D eigenvalue weighted by atomic mass is 32.1. The number of nitrogens with one attached hydrogen (secondary N) is 2. The first-order chi connectivity index (χ1) is 7.25. The van der Waals surface area contributed by atoms with Gasteiger partial charge in [0.15, 0.2) is 0 Å². The Hall–Kier alpha value is -0.680. The van der Waals surface area contributed by atoms with Gasteiger partial charge < -0.3 is 10.6 Å². The van der Waals surface area contributed by atoms with E-state index >= 15 is 0 Å². The molecule has 4 nitrogen and oxygen atoms in total. The fourth-order valence-corrected chi connectivity index (χ4v) is 2.45. The molecule has 0 bridgehead atoms. The van der Waals surface area contributed by atoms with Gasteiger partial charge in [-0.25, -0.2) is 4.98 Å². The van der Waals surface area contributed by atoms with Crippen LogP contribution in [0.1, 0.15) is 38.4 Å². The Kier molecular flexibility index (Phi) is 3.53. The predicted molar refractivity (Wildman–Crippen MR) is 63.5 cm³/mol. The van der Waals surface area contributed by atoms with Gasteiger partial charge in [-0.05, 0) is 25.9 Å². The molecule has 1 aromatic heterocycles. The van der Waals surface area contributed by atoms with E-state index in [0.717, 1.165) is 24.0 Å².